The maximum absolute atomic E-state index is 11.4. The van der Waals surface area contributed by atoms with Gasteiger partial charge in [-0.2, -0.15) is 0 Å². The zero-order valence-electron chi connectivity index (χ0n) is 10.5. The lowest BCUT2D eigenvalue weighted by atomic mass is 10.0. The van der Waals surface area contributed by atoms with Crippen molar-refractivity contribution in [1.82, 2.24) is 10.3 Å². The Hall–Kier alpha value is -1.42. The molecule has 1 heterocycles. The molecule has 1 fully saturated rings. The molecule has 1 aromatic heterocycles. The Morgan fingerprint density at radius 3 is 2.61 bits per heavy atom. The van der Waals surface area contributed by atoms with E-state index in [-0.39, 0.29) is 0 Å². The van der Waals surface area contributed by atoms with Crippen LogP contribution in [-0.4, -0.2) is 22.1 Å². The van der Waals surface area contributed by atoms with Gasteiger partial charge in [-0.25, -0.2) is 0 Å². The molecule has 0 spiro atoms. The Bertz CT molecular complexity index is 373. The van der Waals surface area contributed by atoms with Crippen LogP contribution in [0.1, 0.15) is 50.1 Å². The summed E-state index contributed by atoms with van der Waals surface area (Å²) >= 11 is 0. The summed E-state index contributed by atoms with van der Waals surface area (Å²) in [6.07, 6.45) is 10.4. The van der Waals surface area contributed by atoms with Gasteiger partial charge < -0.3 is 5.11 Å². The van der Waals surface area contributed by atoms with Crippen molar-refractivity contribution < 1.29 is 9.90 Å². The normalized spacial score (nSPS) is 19.1. The van der Waals surface area contributed by atoms with Crippen LogP contribution < -0.4 is 5.32 Å². The number of nitrogens with zero attached hydrogens (tertiary/aromatic N) is 1. The van der Waals surface area contributed by atoms with Gasteiger partial charge in [0, 0.05) is 18.4 Å². The topological polar surface area (TPSA) is 62.2 Å². The standard InChI is InChI=1S/C14H20N2O2/c17-14(18)13(11-6-5-9-15-10-11)16-12-7-3-1-2-4-8-12/h5-6,9-10,12-13,16H,1-4,7-8H2,(H,17,18). The number of aliphatic carboxylic acids is 1. The zero-order valence-corrected chi connectivity index (χ0v) is 10.5. The van der Waals surface area contributed by atoms with Crippen LogP contribution >= 0.6 is 0 Å². The minimum absolute atomic E-state index is 0.314. The molecule has 0 amide bonds. The van der Waals surface area contributed by atoms with E-state index >= 15 is 0 Å². The Morgan fingerprint density at radius 1 is 1.33 bits per heavy atom. The second kappa shape index (κ2) is 6.50. The second-order valence-corrected chi connectivity index (χ2v) is 4.91. The average molecular weight is 248 g/mol. The molecule has 1 saturated carbocycles. The lowest BCUT2D eigenvalue weighted by Crippen LogP contribution is -2.36. The molecule has 4 nitrogen and oxygen atoms in total. The summed E-state index contributed by atoms with van der Waals surface area (Å²) in [5.41, 5.74) is 0.731. The number of hydrogen-bond acceptors (Lipinski definition) is 3. The molecule has 1 aromatic rings. The number of rotatable bonds is 4. The smallest absolute Gasteiger partial charge is 0.325 e. The molecular weight excluding hydrogens is 228 g/mol. The number of pyridine rings is 1. The van der Waals surface area contributed by atoms with E-state index in [4.69, 9.17) is 0 Å². The van der Waals surface area contributed by atoms with Crippen molar-refractivity contribution in [3.05, 3.63) is 30.1 Å². The fourth-order valence-corrected chi connectivity index (χ4v) is 2.54. The lowest BCUT2D eigenvalue weighted by molar-refractivity contribution is -0.140. The van der Waals surface area contributed by atoms with Crippen LogP contribution in [0.2, 0.25) is 0 Å². The molecule has 1 unspecified atom stereocenters. The zero-order chi connectivity index (χ0) is 12.8. The van der Waals surface area contributed by atoms with Gasteiger partial charge in [0.05, 0.1) is 0 Å². The molecule has 4 heteroatoms. The Morgan fingerprint density at radius 2 is 2.06 bits per heavy atom. The van der Waals surface area contributed by atoms with E-state index < -0.39 is 12.0 Å². The fourth-order valence-electron chi connectivity index (χ4n) is 2.54. The molecule has 2 rings (SSSR count). The van der Waals surface area contributed by atoms with E-state index in [2.05, 4.69) is 10.3 Å². The van der Waals surface area contributed by atoms with Gasteiger partial charge in [-0.05, 0) is 24.5 Å². The Balaban J connectivity index is 2.04. The minimum Gasteiger partial charge on any atom is -0.480 e. The maximum Gasteiger partial charge on any atom is 0.325 e. The number of carboxylic acid groups (broad SMARTS) is 1. The van der Waals surface area contributed by atoms with Crippen LogP contribution in [0.5, 0.6) is 0 Å². The lowest BCUT2D eigenvalue weighted by Gasteiger charge is -2.22. The van der Waals surface area contributed by atoms with Crippen LogP contribution in [0.3, 0.4) is 0 Å². The number of carboxylic acids is 1. The van der Waals surface area contributed by atoms with Crippen molar-refractivity contribution in [1.29, 1.82) is 0 Å². The van der Waals surface area contributed by atoms with Crippen molar-refractivity contribution in [3.63, 3.8) is 0 Å². The molecule has 0 aliphatic heterocycles. The molecule has 1 aliphatic rings. The van der Waals surface area contributed by atoms with Crippen LogP contribution in [0.25, 0.3) is 0 Å². The Labute approximate surface area is 107 Å². The minimum atomic E-state index is -0.827. The maximum atomic E-state index is 11.4. The quantitative estimate of drug-likeness (QED) is 0.804. The van der Waals surface area contributed by atoms with Crippen LogP contribution in [0, 0.1) is 0 Å². The number of hydrogen-bond donors (Lipinski definition) is 2. The van der Waals surface area contributed by atoms with Gasteiger partial charge in [-0.1, -0.05) is 31.7 Å². The van der Waals surface area contributed by atoms with E-state index in [9.17, 15) is 9.90 Å². The van der Waals surface area contributed by atoms with Gasteiger partial charge in [0.15, 0.2) is 0 Å². The molecule has 0 aromatic carbocycles. The third-order valence-corrected chi connectivity index (χ3v) is 3.52. The molecule has 0 saturated heterocycles. The average Bonchev–Trinajstić information content (AvgIpc) is 2.65. The highest BCUT2D eigenvalue weighted by Gasteiger charge is 2.23. The highest BCUT2D eigenvalue weighted by Crippen LogP contribution is 2.21. The summed E-state index contributed by atoms with van der Waals surface area (Å²) in [7, 11) is 0. The third kappa shape index (κ3) is 3.53. The van der Waals surface area contributed by atoms with E-state index in [0.717, 1.165) is 18.4 Å². The molecule has 0 bridgehead atoms. The van der Waals surface area contributed by atoms with Crippen LogP contribution in [-0.2, 0) is 4.79 Å². The van der Waals surface area contributed by atoms with E-state index in [0.29, 0.717) is 6.04 Å². The molecular formula is C14H20N2O2. The first-order chi connectivity index (χ1) is 8.77. The van der Waals surface area contributed by atoms with Gasteiger partial charge in [-0.15, -0.1) is 0 Å². The highest BCUT2D eigenvalue weighted by molar-refractivity contribution is 5.75. The summed E-state index contributed by atoms with van der Waals surface area (Å²) in [6.45, 7) is 0. The summed E-state index contributed by atoms with van der Waals surface area (Å²) in [6, 6.07) is 3.27. The summed E-state index contributed by atoms with van der Waals surface area (Å²) in [5.74, 6) is -0.827. The van der Waals surface area contributed by atoms with Gasteiger partial charge >= 0.3 is 5.97 Å². The Kier molecular flexibility index (Phi) is 4.70. The van der Waals surface area contributed by atoms with Gasteiger partial charge in [0.2, 0.25) is 0 Å². The predicted octanol–water partition coefficient (Wildman–Crippen LogP) is 2.52. The number of aromatic nitrogens is 1. The van der Waals surface area contributed by atoms with Crippen molar-refractivity contribution in [2.45, 2.75) is 50.6 Å². The van der Waals surface area contributed by atoms with Crippen LogP contribution in [0.15, 0.2) is 24.5 Å². The third-order valence-electron chi connectivity index (χ3n) is 3.52. The van der Waals surface area contributed by atoms with Crippen molar-refractivity contribution >= 4 is 5.97 Å². The first-order valence-electron chi connectivity index (χ1n) is 6.66. The number of carbonyl (C=O) groups is 1. The summed E-state index contributed by atoms with van der Waals surface area (Å²) in [5, 5.41) is 12.6. The number of nitrogens with one attached hydrogen (secondary N) is 1. The first kappa shape index (κ1) is 13.0. The molecule has 1 aliphatic carbocycles. The predicted molar refractivity (Wildman–Crippen MR) is 69.2 cm³/mol. The highest BCUT2D eigenvalue weighted by atomic mass is 16.4. The van der Waals surface area contributed by atoms with E-state index in [1.54, 1.807) is 18.5 Å². The van der Waals surface area contributed by atoms with Gasteiger partial charge in [-0.3, -0.25) is 15.1 Å². The fraction of sp³-hybridized carbons (Fsp3) is 0.571. The molecule has 98 valence electrons. The largest absolute Gasteiger partial charge is 0.480 e. The van der Waals surface area contributed by atoms with Crippen molar-refractivity contribution in [2.24, 2.45) is 0 Å². The summed E-state index contributed by atoms with van der Waals surface area (Å²) < 4.78 is 0. The van der Waals surface area contributed by atoms with Gasteiger partial charge in [0.1, 0.15) is 6.04 Å². The van der Waals surface area contributed by atoms with Crippen molar-refractivity contribution in [2.75, 3.05) is 0 Å². The second-order valence-electron chi connectivity index (χ2n) is 4.91. The van der Waals surface area contributed by atoms with Crippen LogP contribution in [0.4, 0.5) is 0 Å². The van der Waals surface area contributed by atoms with E-state index in [1.807, 2.05) is 6.07 Å². The SMILES string of the molecule is O=C(O)C(NC1CCCCCC1)c1cccnc1. The van der Waals surface area contributed by atoms with E-state index in [1.165, 1.54) is 25.7 Å². The first-order valence-corrected chi connectivity index (χ1v) is 6.66. The monoisotopic (exact) mass is 248 g/mol. The molecule has 18 heavy (non-hydrogen) atoms. The summed E-state index contributed by atoms with van der Waals surface area (Å²) in [4.78, 5) is 15.4. The molecule has 2 N–H and O–H groups in total. The molecule has 0 radical (unpaired) electrons. The van der Waals surface area contributed by atoms with Crippen molar-refractivity contribution in [3.8, 4) is 0 Å². The van der Waals surface area contributed by atoms with Gasteiger partial charge in [0.25, 0.3) is 0 Å². The molecule has 1 atom stereocenters.